The number of aryl methyl sites for hydroxylation is 1. The summed E-state index contributed by atoms with van der Waals surface area (Å²) in [5.41, 5.74) is 2.94. The van der Waals surface area contributed by atoms with Crippen LogP contribution in [0.1, 0.15) is 29.5 Å². The molecule has 0 bridgehead atoms. The second kappa shape index (κ2) is 10.0. The minimum absolute atomic E-state index is 0.0427. The number of carbonyl (C=O) groups is 3. The second-order valence-corrected chi connectivity index (χ2v) is 7.47. The highest BCUT2D eigenvalue weighted by Crippen LogP contribution is 2.24. The van der Waals surface area contributed by atoms with Crippen molar-refractivity contribution in [3.63, 3.8) is 0 Å². The lowest BCUT2D eigenvalue weighted by molar-refractivity contribution is -0.151. The van der Waals surface area contributed by atoms with Gasteiger partial charge in [0.2, 0.25) is 5.91 Å². The summed E-state index contributed by atoms with van der Waals surface area (Å²) in [6, 6.07) is 15.5. The second-order valence-electron chi connectivity index (χ2n) is 7.47. The Morgan fingerprint density at radius 1 is 1.00 bits per heavy atom. The molecule has 0 aromatic heterocycles. The first kappa shape index (κ1) is 21.5. The Morgan fingerprint density at radius 2 is 1.67 bits per heavy atom. The number of carboxylic acid groups (broad SMARTS) is 2. The molecule has 0 saturated heterocycles. The highest BCUT2D eigenvalue weighted by molar-refractivity contribution is 5.84. The predicted molar refractivity (Wildman–Crippen MR) is 111 cm³/mol. The summed E-state index contributed by atoms with van der Waals surface area (Å²) >= 11 is 0. The maximum absolute atomic E-state index is 12.7. The molecule has 2 unspecified atom stereocenters. The van der Waals surface area contributed by atoms with E-state index in [1.165, 1.54) is 4.90 Å². The molecule has 7 nitrogen and oxygen atoms in total. The van der Waals surface area contributed by atoms with Crippen LogP contribution in [0.15, 0.2) is 54.6 Å². The average Bonchev–Trinajstić information content (AvgIpc) is 2.75. The van der Waals surface area contributed by atoms with E-state index >= 15 is 0 Å². The number of carbonyl (C=O) groups excluding carboxylic acids is 1. The number of benzene rings is 2. The summed E-state index contributed by atoms with van der Waals surface area (Å²) in [7, 11) is 0. The van der Waals surface area contributed by atoms with Crippen molar-refractivity contribution >= 4 is 17.8 Å². The maximum Gasteiger partial charge on any atom is 0.326 e. The van der Waals surface area contributed by atoms with E-state index in [-0.39, 0.29) is 31.8 Å². The zero-order valence-corrected chi connectivity index (χ0v) is 16.7. The van der Waals surface area contributed by atoms with Gasteiger partial charge in [0.15, 0.2) is 0 Å². The Labute approximate surface area is 175 Å². The van der Waals surface area contributed by atoms with E-state index in [0.717, 1.165) is 16.7 Å². The third-order valence-corrected chi connectivity index (χ3v) is 5.45. The number of fused-ring (bicyclic) bond motifs is 1. The van der Waals surface area contributed by atoms with E-state index < -0.39 is 24.0 Å². The van der Waals surface area contributed by atoms with Crippen molar-refractivity contribution in [2.45, 2.75) is 44.3 Å². The Balaban J connectivity index is 1.55. The summed E-state index contributed by atoms with van der Waals surface area (Å²) in [6.07, 6.45) is 1.34. The number of hydrogen-bond acceptors (Lipinski definition) is 4. The molecule has 0 saturated carbocycles. The third-order valence-electron chi connectivity index (χ3n) is 5.45. The molecule has 0 aliphatic carbocycles. The lowest BCUT2D eigenvalue weighted by atomic mass is 9.93. The molecule has 1 amide bonds. The van der Waals surface area contributed by atoms with Crippen LogP contribution < -0.4 is 5.32 Å². The van der Waals surface area contributed by atoms with Gasteiger partial charge in [-0.2, -0.15) is 0 Å². The first-order valence-electron chi connectivity index (χ1n) is 10.0. The summed E-state index contributed by atoms with van der Waals surface area (Å²) in [4.78, 5) is 37.3. The van der Waals surface area contributed by atoms with Gasteiger partial charge in [-0.15, -0.1) is 0 Å². The Hall–Kier alpha value is -3.19. The lowest BCUT2D eigenvalue weighted by Gasteiger charge is -2.34. The van der Waals surface area contributed by atoms with E-state index in [0.29, 0.717) is 12.8 Å². The van der Waals surface area contributed by atoms with E-state index in [1.54, 1.807) is 0 Å². The highest BCUT2D eigenvalue weighted by Gasteiger charge is 2.34. The SMILES string of the molecule is O=C(O)C(CCc1ccccc1)NCCC(=O)N1Cc2ccccc2CC1C(=O)O. The van der Waals surface area contributed by atoms with Gasteiger partial charge in [0.1, 0.15) is 12.1 Å². The minimum Gasteiger partial charge on any atom is -0.480 e. The molecule has 2 aromatic carbocycles. The van der Waals surface area contributed by atoms with Gasteiger partial charge in [-0.1, -0.05) is 54.6 Å². The number of nitrogens with one attached hydrogen (secondary N) is 1. The predicted octanol–water partition coefficient (Wildman–Crippen LogP) is 2.09. The van der Waals surface area contributed by atoms with E-state index in [4.69, 9.17) is 0 Å². The fourth-order valence-electron chi connectivity index (χ4n) is 3.77. The molecule has 0 radical (unpaired) electrons. The Bertz CT molecular complexity index is 899. The molecule has 158 valence electrons. The molecule has 2 aromatic rings. The molecular formula is C23H26N2O5. The van der Waals surface area contributed by atoms with Gasteiger partial charge in [0.25, 0.3) is 0 Å². The molecule has 7 heteroatoms. The van der Waals surface area contributed by atoms with Crippen molar-refractivity contribution in [1.29, 1.82) is 0 Å². The molecular weight excluding hydrogens is 384 g/mol. The molecule has 0 spiro atoms. The number of rotatable bonds is 9. The number of hydrogen-bond donors (Lipinski definition) is 3. The number of amides is 1. The van der Waals surface area contributed by atoms with Crippen LogP contribution in [0.5, 0.6) is 0 Å². The maximum atomic E-state index is 12.7. The van der Waals surface area contributed by atoms with Gasteiger partial charge in [-0.3, -0.25) is 9.59 Å². The lowest BCUT2D eigenvalue weighted by Crippen LogP contribution is -2.49. The van der Waals surface area contributed by atoms with Crippen LogP contribution >= 0.6 is 0 Å². The van der Waals surface area contributed by atoms with Crippen molar-refractivity contribution in [1.82, 2.24) is 10.2 Å². The summed E-state index contributed by atoms with van der Waals surface area (Å²) in [5, 5.41) is 21.9. The number of carboxylic acids is 2. The zero-order valence-electron chi connectivity index (χ0n) is 16.7. The number of nitrogens with zero attached hydrogens (tertiary/aromatic N) is 1. The molecule has 3 N–H and O–H groups in total. The Kier molecular flexibility index (Phi) is 7.19. The largest absolute Gasteiger partial charge is 0.480 e. The van der Waals surface area contributed by atoms with Crippen molar-refractivity contribution in [3.05, 3.63) is 71.3 Å². The van der Waals surface area contributed by atoms with Crippen LogP contribution in [0.3, 0.4) is 0 Å². The number of aliphatic carboxylic acids is 2. The van der Waals surface area contributed by atoms with Gasteiger partial charge >= 0.3 is 11.9 Å². The molecule has 3 rings (SSSR count). The minimum atomic E-state index is -1.03. The monoisotopic (exact) mass is 410 g/mol. The third kappa shape index (κ3) is 5.45. The molecule has 1 aliphatic rings. The topological polar surface area (TPSA) is 107 Å². The standard InChI is InChI=1S/C23H26N2O5/c26-21(25-15-18-9-5-4-8-17(18)14-20(25)23(29)30)12-13-24-19(22(27)28)11-10-16-6-2-1-3-7-16/h1-9,19-20,24H,10-15H2,(H,27,28)(H,29,30). The van der Waals surface area contributed by atoms with E-state index in [9.17, 15) is 24.6 Å². The van der Waals surface area contributed by atoms with Crippen LogP contribution in [-0.4, -0.2) is 51.6 Å². The molecule has 1 aliphatic heterocycles. The smallest absolute Gasteiger partial charge is 0.326 e. The normalized spacial score (nSPS) is 16.5. The molecule has 2 atom stereocenters. The fourth-order valence-corrected chi connectivity index (χ4v) is 3.77. The van der Waals surface area contributed by atoms with Gasteiger partial charge in [-0.05, 0) is 29.5 Å². The van der Waals surface area contributed by atoms with Gasteiger partial charge in [-0.25, -0.2) is 4.79 Å². The van der Waals surface area contributed by atoms with Gasteiger partial charge in [0, 0.05) is 25.9 Å². The van der Waals surface area contributed by atoms with Gasteiger partial charge in [0.05, 0.1) is 0 Å². The molecule has 1 heterocycles. The summed E-state index contributed by atoms with van der Waals surface area (Å²) in [6.45, 7) is 0.428. The first-order valence-corrected chi connectivity index (χ1v) is 10.0. The zero-order chi connectivity index (χ0) is 21.5. The van der Waals surface area contributed by atoms with Crippen LogP contribution in [0.4, 0.5) is 0 Å². The van der Waals surface area contributed by atoms with Crippen molar-refractivity contribution in [2.24, 2.45) is 0 Å². The van der Waals surface area contributed by atoms with E-state index in [1.807, 2.05) is 54.6 Å². The van der Waals surface area contributed by atoms with Crippen LogP contribution in [0.2, 0.25) is 0 Å². The van der Waals surface area contributed by atoms with Crippen molar-refractivity contribution in [3.8, 4) is 0 Å². The van der Waals surface area contributed by atoms with Crippen LogP contribution in [0, 0.1) is 0 Å². The fraction of sp³-hybridized carbons (Fsp3) is 0.348. The Morgan fingerprint density at radius 3 is 2.33 bits per heavy atom. The molecule has 30 heavy (non-hydrogen) atoms. The van der Waals surface area contributed by atoms with Crippen molar-refractivity contribution in [2.75, 3.05) is 6.54 Å². The van der Waals surface area contributed by atoms with Crippen LogP contribution in [0.25, 0.3) is 0 Å². The first-order chi connectivity index (χ1) is 14.5. The summed E-state index contributed by atoms with van der Waals surface area (Å²) < 4.78 is 0. The van der Waals surface area contributed by atoms with E-state index in [2.05, 4.69) is 5.32 Å². The van der Waals surface area contributed by atoms with Crippen molar-refractivity contribution < 1.29 is 24.6 Å². The van der Waals surface area contributed by atoms with Crippen LogP contribution in [-0.2, 0) is 33.8 Å². The highest BCUT2D eigenvalue weighted by atomic mass is 16.4. The molecule has 0 fully saturated rings. The quantitative estimate of drug-likeness (QED) is 0.584. The van der Waals surface area contributed by atoms with Gasteiger partial charge < -0.3 is 20.4 Å². The average molecular weight is 410 g/mol. The summed E-state index contributed by atoms with van der Waals surface area (Å²) in [5.74, 6) is -2.29.